The largest absolute Gasteiger partial charge is 0.444 e. The summed E-state index contributed by atoms with van der Waals surface area (Å²) < 4.78 is 5.21. The van der Waals surface area contributed by atoms with E-state index >= 15 is 0 Å². The predicted molar refractivity (Wildman–Crippen MR) is 84.3 cm³/mol. The third-order valence-electron chi connectivity index (χ3n) is 3.15. The third-order valence-corrected chi connectivity index (χ3v) is 3.15. The standard InChI is InChI=1S/C18H12N2O2/c1-2-13-4-3-5-16(10-13)20-18(21)15-8-6-14(7-9-15)17-11-19-12-22-17/h1,3-12H,(H,20,21). The second-order valence-corrected chi connectivity index (χ2v) is 4.62. The monoisotopic (exact) mass is 288 g/mol. The minimum absolute atomic E-state index is 0.196. The molecule has 4 nitrogen and oxygen atoms in total. The number of nitrogens with zero attached hydrogens (tertiary/aromatic N) is 1. The van der Waals surface area contributed by atoms with Gasteiger partial charge < -0.3 is 9.73 Å². The summed E-state index contributed by atoms with van der Waals surface area (Å²) in [6, 6.07) is 14.2. The quantitative estimate of drug-likeness (QED) is 0.749. The van der Waals surface area contributed by atoms with Gasteiger partial charge in [0, 0.05) is 22.4 Å². The van der Waals surface area contributed by atoms with Gasteiger partial charge in [-0.05, 0) is 30.3 Å². The third kappa shape index (κ3) is 2.89. The van der Waals surface area contributed by atoms with Crippen molar-refractivity contribution in [3.63, 3.8) is 0 Å². The molecule has 22 heavy (non-hydrogen) atoms. The maximum Gasteiger partial charge on any atom is 0.255 e. The van der Waals surface area contributed by atoms with Crippen molar-refractivity contribution < 1.29 is 9.21 Å². The van der Waals surface area contributed by atoms with Gasteiger partial charge in [-0.1, -0.05) is 24.1 Å². The first-order chi connectivity index (χ1) is 10.8. The van der Waals surface area contributed by atoms with Gasteiger partial charge in [0.05, 0.1) is 6.20 Å². The van der Waals surface area contributed by atoms with Gasteiger partial charge >= 0.3 is 0 Å². The van der Waals surface area contributed by atoms with E-state index < -0.39 is 0 Å². The Bertz CT molecular complexity index is 828. The van der Waals surface area contributed by atoms with Crippen LogP contribution in [-0.2, 0) is 0 Å². The molecule has 0 spiro atoms. The zero-order chi connectivity index (χ0) is 15.4. The smallest absolute Gasteiger partial charge is 0.255 e. The van der Waals surface area contributed by atoms with Gasteiger partial charge in [-0.2, -0.15) is 0 Å². The summed E-state index contributed by atoms with van der Waals surface area (Å²) in [5, 5.41) is 2.82. The molecule has 0 saturated heterocycles. The highest BCUT2D eigenvalue weighted by Crippen LogP contribution is 2.19. The van der Waals surface area contributed by atoms with Crippen LogP contribution in [0.15, 0.2) is 65.5 Å². The highest BCUT2D eigenvalue weighted by molar-refractivity contribution is 6.04. The van der Waals surface area contributed by atoms with E-state index in [1.54, 1.807) is 36.5 Å². The van der Waals surface area contributed by atoms with Gasteiger partial charge in [0.1, 0.15) is 0 Å². The van der Waals surface area contributed by atoms with Crippen molar-refractivity contribution in [2.75, 3.05) is 5.32 Å². The van der Waals surface area contributed by atoms with Gasteiger partial charge in [-0.3, -0.25) is 4.79 Å². The van der Waals surface area contributed by atoms with Crippen LogP contribution in [0.2, 0.25) is 0 Å². The molecule has 1 amide bonds. The highest BCUT2D eigenvalue weighted by atomic mass is 16.3. The second-order valence-electron chi connectivity index (χ2n) is 4.62. The predicted octanol–water partition coefficient (Wildman–Crippen LogP) is 3.58. The fraction of sp³-hybridized carbons (Fsp3) is 0. The summed E-state index contributed by atoms with van der Waals surface area (Å²) in [4.78, 5) is 16.1. The number of hydrogen-bond donors (Lipinski definition) is 1. The number of carbonyl (C=O) groups excluding carboxylic acids is 1. The number of anilines is 1. The Kier molecular flexibility index (Phi) is 3.71. The number of carbonyl (C=O) groups is 1. The minimum atomic E-state index is -0.196. The van der Waals surface area contributed by atoms with E-state index in [0.717, 1.165) is 11.1 Å². The van der Waals surface area contributed by atoms with Gasteiger partial charge in [0.2, 0.25) is 0 Å². The van der Waals surface area contributed by atoms with Gasteiger partial charge in [0.15, 0.2) is 12.2 Å². The average Bonchev–Trinajstić information content (AvgIpc) is 3.09. The molecule has 0 unspecified atom stereocenters. The first-order valence-electron chi connectivity index (χ1n) is 6.63. The summed E-state index contributed by atoms with van der Waals surface area (Å²) >= 11 is 0. The summed E-state index contributed by atoms with van der Waals surface area (Å²) in [5.74, 6) is 3.00. The first kappa shape index (κ1) is 13.7. The van der Waals surface area contributed by atoms with Crippen molar-refractivity contribution in [3.05, 3.63) is 72.2 Å². The van der Waals surface area contributed by atoms with E-state index in [1.165, 1.54) is 6.39 Å². The Morgan fingerprint density at radius 3 is 2.68 bits per heavy atom. The lowest BCUT2D eigenvalue weighted by molar-refractivity contribution is 0.102. The Balaban J connectivity index is 1.76. The fourth-order valence-electron chi connectivity index (χ4n) is 2.03. The summed E-state index contributed by atoms with van der Waals surface area (Å²) in [7, 11) is 0. The number of hydrogen-bond acceptors (Lipinski definition) is 3. The van der Waals surface area contributed by atoms with Crippen molar-refractivity contribution in [1.82, 2.24) is 4.98 Å². The van der Waals surface area contributed by atoms with Crippen LogP contribution in [0.4, 0.5) is 5.69 Å². The number of nitrogens with one attached hydrogen (secondary N) is 1. The van der Waals surface area contributed by atoms with E-state index in [1.807, 2.05) is 18.2 Å². The topological polar surface area (TPSA) is 55.1 Å². The molecule has 0 aliphatic carbocycles. The molecule has 1 heterocycles. The van der Waals surface area contributed by atoms with Gasteiger partial charge in [0.25, 0.3) is 5.91 Å². The normalized spacial score (nSPS) is 9.95. The first-order valence-corrected chi connectivity index (χ1v) is 6.63. The molecule has 0 radical (unpaired) electrons. The molecule has 0 aliphatic heterocycles. The van der Waals surface area contributed by atoms with Gasteiger partial charge in [-0.25, -0.2) is 4.98 Å². The molecule has 2 aromatic carbocycles. The molecular weight excluding hydrogens is 276 g/mol. The Morgan fingerprint density at radius 1 is 1.18 bits per heavy atom. The Hall–Kier alpha value is -3.32. The fourth-order valence-corrected chi connectivity index (χ4v) is 2.03. The van der Waals surface area contributed by atoms with Crippen LogP contribution in [0.1, 0.15) is 15.9 Å². The molecule has 3 rings (SSSR count). The van der Waals surface area contributed by atoms with Crippen molar-refractivity contribution in [3.8, 4) is 23.7 Å². The maximum atomic E-state index is 12.2. The number of aromatic nitrogens is 1. The summed E-state index contributed by atoms with van der Waals surface area (Å²) in [6.07, 6.45) is 8.34. The number of benzene rings is 2. The summed E-state index contributed by atoms with van der Waals surface area (Å²) in [5.41, 5.74) is 2.80. The van der Waals surface area contributed by atoms with E-state index in [-0.39, 0.29) is 5.91 Å². The number of terminal acetylenes is 1. The van der Waals surface area contributed by atoms with Crippen LogP contribution >= 0.6 is 0 Å². The maximum absolute atomic E-state index is 12.2. The molecule has 1 aromatic heterocycles. The molecule has 0 aliphatic rings. The second kappa shape index (κ2) is 5.98. The molecule has 0 bridgehead atoms. The van der Waals surface area contributed by atoms with E-state index in [4.69, 9.17) is 10.8 Å². The zero-order valence-electron chi connectivity index (χ0n) is 11.6. The van der Waals surface area contributed by atoms with Crippen molar-refractivity contribution in [2.24, 2.45) is 0 Å². The van der Waals surface area contributed by atoms with E-state index in [9.17, 15) is 4.79 Å². The number of amides is 1. The van der Waals surface area contributed by atoms with Crippen molar-refractivity contribution in [1.29, 1.82) is 0 Å². The molecule has 4 heteroatoms. The van der Waals surface area contributed by atoms with Crippen molar-refractivity contribution >= 4 is 11.6 Å². The molecule has 0 saturated carbocycles. The molecule has 0 fully saturated rings. The van der Waals surface area contributed by atoms with Crippen LogP contribution in [0, 0.1) is 12.3 Å². The Morgan fingerprint density at radius 2 is 2.00 bits per heavy atom. The van der Waals surface area contributed by atoms with Crippen LogP contribution < -0.4 is 5.32 Å². The van der Waals surface area contributed by atoms with Crippen LogP contribution in [0.25, 0.3) is 11.3 Å². The van der Waals surface area contributed by atoms with E-state index in [0.29, 0.717) is 17.0 Å². The van der Waals surface area contributed by atoms with Crippen LogP contribution in [0.5, 0.6) is 0 Å². The summed E-state index contributed by atoms with van der Waals surface area (Å²) in [6.45, 7) is 0. The number of oxazole rings is 1. The molecular formula is C18H12N2O2. The Labute approximate surface area is 127 Å². The number of rotatable bonds is 3. The van der Waals surface area contributed by atoms with Gasteiger partial charge in [-0.15, -0.1) is 6.42 Å². The lowest BCUT2D eigenvalue weighted by atomic mass is 10.1. The lowest BCUT2D eigenvalue weighted by Gasteiger charge is -2.06. The highest BCUT2D eigenvalue weighted by Gasteiger charge is 2.08. The van der Waals surface area contributed by atoms with Crippen molar-refractivity contribution in [2.45, 2.75) is 0 Å². The molecule has 1 N–H and O–H groups in total. The average molecular weight is 288 g/mol. The van der Waals surface area contributed by atoms with E-state index in [2.05, 4.69) is 16.2 Å². The van der Waals surface area contributed by atoms with Crippen LogP contribution in [0.3, 0.4) is 0 Å². The SMILES string of the molecule is C#Cc1cccc(NC(=O)c2ccc(-c3cnco3)cc2)c1. The molecule has 0 atom stereocenters. The lowest BCUT2D eigenvalue weighted by Crippen LogP contribution is -2.11. The zero-order valence-corrected chi connectivity index (χ0v) is 11.6. The van der Waals surface area contributed by atoms with Crippen LogP contribution in [-0.4, -0.2) is 10.9 Å². The molecule has 106 valence electrons. The molecule has 3 aromatic rings. The minimum Gasteiger partial charge on any atom is -0.444 e.